The third-order valence-corrected chi connectivity index (χ3v) is 4.26. The van der Waals surface area contributed by atoms with Crippen molar-refractivity contribution < 1.29 is 9.90 Å². The standard InChI is InChI=1S/C14H26N2O2/c1-10(2)15-12-6-4-8-16(14(12)18)13-7-3-5-11(13)9-17/h10-13,15,17H,3-9H2,1-2H3. The van der Waals surface area contributed by atoms with Gasteiger partial charge in [-0.05, 0) is 25.7 Å². The van der Waals surface area contributed by atoms with E-state index in [0.29, 0.717) is 12.0 Å². The van der Waals surface area contributed by atoms with Crippen molar-refractivity contribution in [3.63, 3.8) is 0 Å². The molecule has 2 aliphatic rings. The normalized spacial score (nSPS) is 33.4. The SMILES string of the molecule is CC(C)NC1CCCN(C2CCCC2CO)C1=O. The van der Waals surface area contributed by atoms with Gasteiger partial charge in [-0.1, -0.05) is 20.3 Å². The van der Waals surface area contributed by atoms with Crippen molar-refractivity contribution >= 4 is 5.91 Å². The molecule has 18 heavy (non-hydrogen) atoms. The maximum atomic E-state index is 12.5. The zero-order valence-electron chi connectivity index (χ0n) is 11.6. The van der Waals surface area contributed by atoms with E-state index in [1.54, 1.807) is 0 Å². The lowest BCUT2D eigenvalue weighted by molar-refractivity contribution is -0.139. The third-order valence-electron chi connectivity index (χ3n) is 4.26. The second kappa shape index (κ2) is 6.02. The van der Waals surface area contributed by atoms with Crippen LogP contribution in [0.25, 0.3) is 0 Å². The Bertz CT molecular complexity index is 294. The molecule has 0 aromatic carbocycles. The molecule has 4 nitrogen and oxygen atoms in total. The first-order chi connectivity index (χ1) is 8.63. The molecule has 1 saturated carbocycles. The van der Waals surface area contributed by atoms with Gasteiger partial charge in [-0.15, -0.1) is 0 Å². The smallest absolute Gasteiger partial charge is 0.239 e. The van der Waals surface area contributed by atoms with Gasteiger partial charge in [0.15, 0.2) is 0 Å². The molecule has 2 rings (SSSR count). The summed E-state index contributed by atoms with van der Waals surface area (Å²) in [7, 11) is 0. The molecule has 104 valence electrons. The Hall–Kier alpha value is -0.610. The fourth-order valence-corrected chi connectivity index (χ4v) is 3.43. The number of piperidine rings is 1. The molecule has 4 heteroatoms. The lowest BCUT2D eigenvalue weighted by atomic mass is 9.97. The Morgan fingerprint density at radius 3 is 2.78 bits per heavy atom. The number of hydrogen-bond donors (Lipinski definition) is 2. The molecule has 1 aliphatic carbocycles. The van der Waals surface area contributed by atoms with Gasteiger partial charge < -0.3 is 15.3 Å². The predicted octanol–water partition coefficient (Wildman–Crippen LogP) is 1.14. The topological polar surface area (TPSA) is 52.6 Å². The number of amides is 1. The Kier molecular flexibility index (Phi) is 4.62. The fraction of sp³-hybridized carbons (Fsp3) is 0.929. The van der Waals surface area contributed by atoms with E-state index < -0.39 is 0 Å². The van der Waals surface area contributed by atoms with Crippen LogP contribution in [0.3, 0.4) is 0 Å². The molecule has 1 saturated heterocycles. The van der Waals surface area contributed by atoms with E-state index in [9.17, 15) is 9.90 Å². The molecule has 1 aliphatic heterocycles. The Morgan fingerprint density at radius 1 is 1.33 bits per heavy atom. The van der Waals surface area contributed by atoms with Gasteiger partial charge in [0, 0.05) is 31.2 Å². The van der Waals surface area contributed by atoms with E-state index in [1.165, 1.54) is 0 Å². The minimum absolute atomic E-state index is 0.0151. The molecule has 0 spiro atoms. The lowest BCUT2D eigenvalue weighted by Crippen LogP contribution is -2.56. The van der Waals surface area contributed by atoms with Crippen LogP contribution in [0.4, 0.5) is 0 Å². The van der Waals surface area contributed by atoms with Crippen LogP contribution in [0, 0.1) is 5.92 Å². The minimum Gasteiger partial charge on any atom is -0.396 e. The molecule has 0 bridgehead atoms. The van der Waals surface area contributed by atoms with E-state index >= 15 is 0 Å². The van der Waals surface area contributed by atoms with Crippen molar-refractivity contribution in [1.29, 1.82) is 0 Å². The third kappa shape index (κ3) is 2.86. The van der Waals surface area contributed by atoms with Gasteiger partial charge in [-0.3, -0.25) is 4.79 Å². The maximum Gasteiger partial charge on any atom is 0.239 e. The van der Waals surface area contributed by atoms with Crippen molar-refractivity contribution in [2.24, 2.45) is 5.92 Å². The quantitative estimate of drug-likeness (QED) is 0.791. The number of aliphatic hydroxyl groups is 1. The first-order valence-electron chi connectivity index (χ1n) is 7.31. The van der Waals surface area contributed by atoms with Gasteiger partial charge in [-0.2, -0.15) is 0 Å². The van der Waals surface area contributed by atoms with E-state index in [1.807, 2.05) is 4.90 Å². The van der Waals surface area contributed by atoms with Gasteiger partial charge in [0.05, 0.1) is 6.04 Å². The Morgan fingerprint density at radius 2 is 2.11 bits per heavy atom. The number of nitrogens with one attached hydrogen (secondary N) is 1. The van der Waals surface area contributed by atoms with Gasteiger partial charge in [0.1, 0.15) is 0 Å². The molecular weight excluding hydrogens is 228 g/mol. The first-order valence-corrected chi connectivity index (χ1v) is 7.31. The molecule has 1 amide bonds. The van der Waals surface area contributed by atoms with Crippen molar-refractivity contribution in [1.82, 2.24) is 10.2 Å². The summed E-state index contributed by atoms with van der Waals surface area (Å²) in [5, 5.41) is 12.8. The number of nitrogens with zero attached hydrogens (tertiary/aromatic N) is 1. The van der Waals surface area contributed by atoms with Crippen LogP contribution in [-0.4, -0.2) is 47.2 Å². The number of carbonyl (C=O) groups excluding carboxylic acids is 1. The lowest BCUT2D eigenvalue weighted by Gasteiger charge is -2.39. The second-order valence-electron chi connectivity index (χ2n) is 5.99. The summed E-state index contributed by atoms with van der Waals surface area (Å²) in [6.45, 7) is 5.25. The van der Waals surface area contributed by atoms with Crippen molar-refractivity contribution in [3.05, 3.63) is 0 Å². The summed E-state index contributed by atoms with van der Waals surface area (Å²) in [5.74, 6) is 0.548. The van der Waals surface area contributed by atoms with E-state index in [4.69, 9.17) is 0 Å². The van der Waals surface area contributed by atoms with E-state index in [0.717, 1.165) is 38.6 Å². The van der Waals surface area contributed by atoms with Gasteiger partial charge in [0.25, 0.3) is 0 Å². The first kappa shape index (κ1) is 13.8. The fourth-order valence-electron chi connectivity index (χ4n) is 3.43. The molecule has 0 aromatic heterocycles. The van der Waals surface area contributed by atoms with E-state index in [-0.39, 0.29) is 24.6 Å². The monoisotopic (exact) mass is 254 g/mol. The number of likely N-dealkylation sites (tertiary alicyclic amines) is 1. The van der Waals surface area contributed by atoms with Gasteiger partial charge in [0.2, 0.25) is 5.91 Å². The summed E-state index contributed by atoms with van der Waals surface area (Å²) in [6.07, 6.45) is 5.29. The Labute approximate surface area is 110 Å². The highest BCUT2D eigenvalue weighted by Crippen LogP contribution is 2.31. The van der Waals surface area contributed by atoms with Gasteiger partial charge >= 0.3 is 0 Å². The predicted molar refractivity (Wildman–Crippen MR) is 71.2 cm³/mol. The van der Waals surface area contributed by atoms with Gasteiger partial charge in [-0.25, -0.2) is 0 Å². The van der Waals surface area contributed by atoms with Crippen molar-refractivity contribution in [2.75, 3.05) is 13.2 Å². The number of aliphatic hydroxyl groups excluding tert-OH is 1. The zero-order chi connectivity index (χ0) is 13.1. The van der Waals surface area contributed by atoms with Crippen LogP contribution in [0.1, 0.15) is 46.0 Å². The highest BCUT2D eigenvalue weighted by atomic mass is 16.3. The summed E-state index contributed by atoms with van der Waals surface area (Å²) in [4.78, 5) is 14.5. The molecule has 1 heterocycles. The number of carbonyl (C=O) groups is 1. The van der Waals surface area contributed by atoms with Crippen LogP contribution in [0.2, 0.25) is 0 Å². The highest BCUT2D eigenvalue weighted by molar-refractivity contribution is 5.83. The van der Waals surface area contributed by atoms with Crippen LogP contribution in [-0.2, 0) is 4.79 Å². The zero-order valence-corrected chi connectivity index (χ0v) is 11.6. The summed E-state index contributed by atoms with van der Waals surface area (Å²) < 4.78 is 0. The Balaban J connectivity index is 2.01. The molecule has 3 unspecified atom stereocenters. The van der Waals surface area contributed by atoms with Crippen LogP contribution >= 0.6 is 0 Å². The molecule has 2 N–H and O–H groups in total. The maximum absolute atomic E-state index is 12.5. The second-order valence-corrected chi connectivity index (χ2v) is 5.99. The molecule has 2 fully saturated rings. The average molecular weight is 254 g/mol. The minimum atomic E-state index is -0.0151. The summed E-state index contributed by atoms with van der Waals surface area (Å²) in [5.41, 5.74) is 0. The van der Waals surface area contributed by atoms with Crippen molar-refractivity contribution in [3.8, 4) is 0 Å². The van der Waals surface area contributed by atoms with Crippen LogP contribution < -0.4 is 5.32 Å². The largest absolute Gasteiger partial charge is 0.396 e. The molecule has 3 atom stereocenters. The summed E-state index contributed by atoms with van der Waals surface area (Å²) >= 11 is 0. The van der Waals surface area contributed by atoms with Crippen LogP contribution in [0.15, 0.2) is 0 Å². The molecule has 0 aromatic rings. The summed E-state index contributed by atoms with van der Waals surface area (Å²) in [6, 6.07) is 0.606. The molecule has 0 radical (unpaired) electrons. The number of rotatable bonds is 4. The average Bonchev–Trinajstić information content (AvgIpc) is 2.79. The molecular formula is C14H26N2O2. The number of hydrogen-bond acceptors (Lipinski definition) is 3. The van der Waals surface area contributed by atoms with E-state index in [2.05, 4.69) is 19.2 Å². The van der Waals surface area contributed by atoms with Crippen LogP contribution in [0.5, 0.6) is 0 Å². The van der Waals surface area contributed by atoms with Crippen molar-refractivity contribution in [2.45, 2.75) is 64.1 Å². The highest BCUT2D eigenvalue weighted by Gasteiger charge is 2.38.